The molecule has 0 amide bonds. The first kappa shape index (κ1) is 21.5. The van der Waals surface area contributed by atoms with E-state index in [1.54, 1.807) is 0 Å². The third-order valence-electron chi connectivity index (χ3n) is 3.86. The van der Waals surface area contributed by atoms with Crippen LogP contribution in [-0.2, 0) is 26.2 Å². The molecule has 0 atom stereocenters. The zero-order valence-electron chi connectivity index (χ0n) is 13.0. The van der Waals surface area contributed by atoms with Crippen molar-refractivity contribution in [2.75, 3.05) is 0 Å². The Labute approximate surface area is 164 Å². The number of benzene rings is 2. The minimum Gasteiger partial charge on any atom is -1.00 e. The molecule has 1 radical (unpaired) electrons. The van der Waals surface area contributed by atoms with E-state index in [1.165, 1.54) is 33.0 Å². The van der Waals surface area contributed by atoms with Crippen LogP contribution in [0.25, 0.3) is 21.9 Å². The van der Waals surface area contributed by atoms with Gasteiger partial charge in [0.25, 0.3) is 0 Å². The van der Waals surface area contributed by atoms with Crippen LogP contribution in [0, 0.1) is 6.92 Å². The maximum Gasteiger partial charge on any atom is 3.00 e. The van der Waals surface area contributed by atoms with E-state index in [1.807, 2.05) is 0 Å². The summed E-state index contributed by atoms with van der Waals surface area (Å²) < 4.78 is 0. The maximum absolute atomic E-state index is 2.28. The van der Waals surface area contributed by atoms with E-state index in [9.17, 15) is 0 Å². The van der Waals surface area contributed by atoms with Crippen LogP contribution in [0.1, 0.15) is 30.9 Å². The average molecular weight is 409 g/mol. The molecule has 113 valence electrons. The van der Waals surface area contributed by atoms with E-state index in [0.29, 0.717) is 5.92 Å². The molecule has 0 N–H and O–H groups in total. The van der Waals surface area contributed by atoms with E-state index in [2.05, 4.69) is 75.4 Å². The summed E-state index contributed by atoms with van der Waals surface area (Å²) in [6, 6.07) is 19.9. The van der Waals surface area contributed by atoms with Gasteiger partial charge in [0, 0.05) is 0 Å². The van der Waals surface area contributed by atoms with Crippen LogP contribution in [0.2, 0.25) is 0 Å². The summed E-state index contributed by atoms with van der Waals surface area (Å²) in [6.45, 7) is 6.67. The van der Waals surface area contributed by atoms with Gasteiger partial charge >= 0.3 is 26.2 Å². The summed E-state index contributed by atoms with van der Waals surface area (Å²) >= 11 is 0. The van der Waals surface area contributed by atoms with E-state index < -0.39 is 0 Å². The number of hydrogen-bond donors (Lipinski definition) is 0. The first-order valence-electron chi connectivity index (χ1n) is 6.92. The van der Waals surface area contributed by atoms with Crippen LogP contribution < -0.4 is 24.8 Å². The van der Waals surface area contributed by atoms with Crippen molar-refractivity contribution in [1.29, 1.82) is 0 Å². The minimum absolute atomic E-state index is 0. The molecule has 0 spiro atoms. The normalized spacial score (nSPS) is 9.82. The first-order valence-corrected chi connectivity index (χ1v) is 6.92. The van der Waals surface area contributed by atoms with Gasteiger partial charge in [-0.3, -0.25) is 0 Å². The Morgan fingerprint density at radius 2 is 1.45 bits per heavy atom. The van der Waals surface area contributed by atoms with Crippen LogP contribution in [-0.4, -0.2) is 0 Å². The fourth-order valence-corrected chi connectivity index (χ4v) is 2.79. The molecular weight excluding hydrogens is 390 g/mol. The summed E-state index contributed by atoms with van der Waals surface area (Å²) in [5.41, 5.74) is 5.46. The number of hydrogen-bond acceptors (Lipinski definition) is 0. The molecule has 3 heteroatoms. The molecule has 0 saturated carbocycles. The summed E-state index contributed by atoms with van der Waals surface area (Å²) in [7, 11) is 0. The zero-order valence-corrected chi connectivity index (χ0v) is 17.0. The predicted molar refractivity (Wildman–Crippen MR) is 83.8 cm³/mol. The predicted octanol–water partition coefficient (Wildman–Crippen LogP) is -0.337. The number of rotatable bonds is 2. The summed E-state index contributed by atoms with van der Waals surface area (Å²) in [6.07, 6.45) is 0. The van der Waals surface area contributed by atoms with Gasteiger partial charge in [0.1, 0.15) is 0 Å². The fraction of sp³-hybridized carbons (Fsp3) is 0.211. The van der Waals surface area contributed by atoms with Crippen molar-refractivity contribution in [2.24, 2.45) is 0 Å². The molecule has 0 bridgehead atoms. The largest absolute Gasteiger partial charge is 3.00 e. The molecule has 22 heavy (non-hydrogen) atoms. The molecule has 0 heterocycles. The van der Waals surface area contributed by atoms with Gasteiger partial charge in [-0.15, -0.1) is 46.2 Å². The second kappa shape index (κ2) is 8.97. The van der Waals surface area contributed by atoms with Crippen LogP contribution >= 0.6 is 0 Å². The molecule has 0 fully saturated rings. The quantitative estimate of drug-likeness (QED) is 0.509. The van der Waals surface area contributed by atoms with E-state index in [4.69, 9.17) is 0 Å². The second-order valence-electron chi connectivity index (χ2n) is 5.57. The Morgan fingerprint density at radius 1 is 0.864 bits per heavy atom. The molecule has 0 aliphatic rings. The number of halogens is 2. The molecule has 3 rings (SSSR count). The SMILES string of the molecule is Cc1[cH-]c2ccccc2c1-c1ccc(C(C)C)cc1.[Cl-].[Cl-].[Zr+3]. The van der Waals surface area contributed by atoms with Crippen LogP contribution in [0.15, 0.2) is 54.6 Å². The molecule has 3 aromatic carbocycles. The van der Waals surface area contributed by atoms with Crippen molar-refractivity contribution in [1.82, 2.24) is 0 Å². The Morgan fingerprint density at radius 3 is 2.05 bits per heavy atom. The molecule has 0 nitrogen and oxygen atoms in total. The van der Waals surface area contributed by atoms with Crippen molar-refractivity contribution in [3.8, 4) is 11.1 Å². The van der Waals surface area contributed by atoms with E-state index >= 15 is 0 Å². The smallest absolute Gasteiger partial charge is 1.00 e. The van der Waals surface area contributed by atoms with Gasteiger partial charge in [0.2, 0.25) is 0 Å². The van der Waals surface area contributed by atoms with Gasteiger partial charge in [0.05, 0.1) is 0 Å². The molecule has 0 aromatic heterocycles. The van der Waals surface area contributed by atoms with Crippen LogP contribution in [0.3, 0.4) is 0 Å². The zero-order chi connectivity index (χ0) is 13.4. The van der Waals surface area contributed by atoms with Crippen molar-refractivity contribution in [3.05, 3.63) is 65.7 Å². The van der Waals surface area contributed by atoms with Gasteiger partial charge < -0.3 is 24.8 Å². The van der Waals surface area contributed by atoms with Crippen molar-refractivity contribution < 1.29 is 51.0 Å². The summed E-state index contributed by atoms with van der Waals surface area (Å²) in [5.74, 6) is 0.589. The van der Waals surface area contributed by atoms with Crippen LogP contribution in [0.4, 0.5) is 0 Å². The minimum atomic E-state index is 0. The van der Waals surface area contributed by atoms with E-state index in [-0.39, 0.29) is 51.0 Å². The molecule has 3 aromatic rings. The number of aryl methyl sites for hydroxylation is 1. The van der Waals surface area contributed by atoms with Crippen LogP contribution in [0.5, 0.6) is 0 Å². The third kappa shape index (κ3) is 4.07. The summed E-state index contributed by atoms with van der Waals surface area (Å²) in [5, 5.41) is 2.69. The Balaban J connectivity index is 0.00000147. The molecule has 0 saturated heterocycles. The van der Waals surface area contributed by atoms with Crippen molar-refractivity contribution in [3.63, 3.8) is 0 Å². The standard InChI is InChI=1S/C19H19.2ClH.Zr/c1-13(2)15-8-10-16(11-9-15)19-14(3)12-17-6-4-5-7-18(17)19;;;/h4-13H,1-3H3;2*1H;/q-1;;;+3/p-2. The maximum atomic E-state index is 2.28. The second-order valence-corrected chi connectivity index (χ2v) is 5.57. The number of fused-ring (bicyclic) bond motifs is 1. The van der Waals surface area contributed by atoms with E-state index in [0.717, 1.165) is 0 Å². The van der Waals surface area contributed by atoms with Crippen molar-refractivity contribution in [2.45, 2.75) is 26.7 Å². The monoisotopic (exact) mass is 407 g/mol. The Bertz CT molecular complexity index is 712. The Hall–Kier alpha value is -0.487. The molecule has 0 unspecified atom stereocenters. The average Bonchev–Trinajstić information content (AvgIpc) is 2.74. The van der Waals surface area contributed by atoms with Crippen molar-refractivity contribution >= 4 is 10.8 Å². The van der Waals surface area contributed by atoms with Gasteiger partial charge in [-0.05, 0) is 11.5 Å². The van der Waals surface area contributed by atoms with Gasteiger partial charge in [-0.2, -0.15) is 0 Å². The topological polar surface area (TPSA) is 0 Å². The Kier molecular flexibility index (Phi) is 8.77. The molecule has 0 aliphatic carbocycles. The van der Waals surface area contributed by atoms with Gasteiger partial charge in [-0.25, -0.2) is 0 Å². The molecular formula is C19H19Cl2Zr. The first-order chi connectivity index (χ1) is 9.16. The molecule has 0 aliphatic heterocycles. The third-order valence-corrected chi connectivity index (χ3v) is 3.86. The summed E-state index contributed by atoms with van der Waals surface area (Å²) in [4.78, 5) is 0. The fourth-order valence-electron chi connectivity index (χ4n) is 2.79. The van der Waals surface area contributed by atoms with Gasteiger partial charge in [-0.1, -0.05) is 56.7 Å². The van der Waals surface area contributed by atoms with Gasteiger partial charge in [0.15, 0.2) is 0 Å².